The molecule has 22 heavy (non-hydrogen) atoms. The number of methoxy groups -OCH3 is 1. The van der Waals surface area contributed by atoms with Crippen molar-refractivity contribution in [3.8, 4) is 5.75 Å². The van der Waals surface area contributed by atoms with E-state index in [1.54, 1.807) is 7.11 Å². The lowest BCUT2D eigenvalue weighted by atomic mass is 10.3. The molecule has 2 rings (SSSR count). The Kier molecular flexibility index (Phi) is 6.09. The van der Waals surface area contributed by atoms with Crippen LogP contribution < -0.4 is 15.2 Å². The Morgan fingerprint density at radius 3 is 2.41 bits per heavy atom. The average molecular weight is 365 g/mol. The van der Waals surface area contributed by atoms with Gasteiger partial charge in [-0.05, 0) is 36.4 Å². The number of halogens is 1. The molecule has 6 heteroatoms. The zero-order valence-electron chi connectivity index (χ0n) is 12.2. The maximum absolute atomic E-state index is 12.2. The van der Waals surface area contributed by atoms with Gasteiger partial charge < -0.3 is 9.47 Å². The van der Waals surface area contributed by atoms with Gasteiger partial charge in [-0.25, -0.2) is 4.79 Å². The van der Waals surface area contributed by atoms with Crippen molar-refractivity contribution in [1.82, 2.24) is 0 Å². The maximum atomic E-state index is 12.2. The second kappa shape index (κ2) is 8.29. The van der Waals surface area contributed by atoms with Crippen LogP contribution in [-0.4, -0.2) is 25.1 Å². The van der Waals surface area contributed by atoms with Crippen molar-refractivity contribution in [3.05, 3.63) is 54.6 Å². The lowest BCUT2D eigenvalue weighted by Gasteiger charge is -2.23. The first-order chi connectivity index (χ1) is 10.7. The summed E-state index contributed by atoms with van der Waals surface area (Å²) in [6.45, 7) is 0.298. The Labute approximate surface area is 137 Å². The Morgan fingerprint density at radius 2 is 1.82 bits per heavy atom. The molecule has 0 aromatic heterocycles. The van der Waals surface area contributed by atoms with Gasteiger partial charge in [0, 0.05) is 5.33 Å². The van der Waals surface area contributed by atoms with Crippen LogP contribution in [0.15, 0.2) is 54.6 Å². The van der Waals surface area contributed by atoms with Crippen molar-refractivity contribution in [2.75, 3.05) is 29.5 Å². The number of benzene rings is 2. The number of hydrogen-bond donors (Lipinski definition) is 1. The molecule has 1 N–H and O–H groups in total. The molecular weight excluding hydrogens is 348 g/mol. The molecule has 0 bridgehead atoms. The predicted octanol–water partition coefficient (Wildman–Crippen LogP) is 4.06. The summed E-state index contributed by atoms with van der Waals surface area (Å²) in [5.41, 5.74) is 4.49. The summed E-state index contributed by atoms with van der Waals surface area (Å²) in [5, 5.41) is 1.95. The highest BCUT2D eigenvalue weighted by Gasteiger charge is 2.17. The monoisotopic (exact) mass is 364 g/mol. The quantitative estimate of drug-likeness (QED) is 0.620. The molecule has 0 aliphatic carbocycles. The molecule has 0 saturated carbocycles. The van der Waals surface area contributed by atoms with E-state index in [1.807, 2.05) is 54.6 Å². The summed E-state index contributed by atoms with van der Waals surface area (Å²) in [5.74, 6) is 0.749. The van der Waals surface area contributed by atoms with Crippen molar-refractivity contribution in [3.63, 3.8) is 0 Å². The molecule has 0 aliphatic heterocycles. The van der Waals surface area contributed by atoms with E-state index in [-0.39, 0.29) is 0 Å². The Morgan fingerprint density at radius 1 is 1.14 bits per heavy atom. The van der Waals surface area contributed by atoms with E-state index in [4.69, 9.17) is 9.47 Å². The van der Waals surface area contributed by atoms with Crippen LogP contribution in [0.4, 0.5) is 16.2 Å². The molecular formula is C16H17BrN2O3. The minimum Gasteiger partial charge on any atom is -0.497 e. The third-order valence-corrected chi connectivity index (χ3v) is 3.15. The summed E-state index contributed by atoms with van der Waals surface area (Å²) in [6.07, 6.45) is -0.471. The molecule has 0 saturated heterocycles. The first-order valence-electron chi connectivity index (χ1n) is 6.73. The highest BCUT2D eigenvalue weighted by Crippen LogP contribution is 2.20. The zero-order chi connectivity index (χ0) is 15.8. The highest BCUT2D eigenvalue weighted by atomic mass is 79.9. The summed E-state index contributed by atoms with van der Waals surface area (Å²) < 4.78 is 10.3. The second-order valence-electron chi connectivity index (χ2n) is 4.31. The number of rotatable bonds is 6. The van der Waals surface area contributed by atoms with Gasteiger partial charge in [-0.15, -0.1) is 0 Å². The van der Waals surface area contributed by atoms with Crippen LogP contribution in [0.3, 0.4) is 0 Å². The van der Waals surface area contributed by atoms with Crippen LogP contribution >= 0.6 is 15.9 Å². The molecule has 0 heterocycles. The fourth-order valence-corrected chi connectivity index (χ4v) is 1.94. The zero-order valence-corrected chi connectivity index (χ0v) is 13.7. The van der Waals surface area contributed by atoms with Gasteiger partial charge in [0.05, 0.1) is 18.5 Å². The van der Waals surface area contributed by atoms with Crippen molar-refractivity contribution >= 4 is 33.4 Å². The van der Waals surface area contributed by atoms with E-state index in [0.29, 0.717) is 17.6 Å². The molecule has 2 aromatic rings. The predicted molar refractivity (Wildman–Crippen MR) is 90.7 cm³/mol. The van der Waals surface area contributed by atoms with Crippen molar-refractivity contribution in [2.45, 2.75) is 0 Å². The SMILES string of the molecule is COc1ccc(NN(C(=O)OCCBr)c2ccccc2)cc1. The fourth-order valence-electron chi connectivity index (χ4n) is 1.78. The van der Waals surface area contributed by atoms with Crippen LogP contribution in [0.1, 0.15) is 0 Å². The molecule has 0 spiro atoms. The van der Waals surface area contributed by atoms with Gasteiger partial charge in [-0.1, -0.05) is 34.1 Å². The van der Waals surface area contributed by atoms with Crippen molar-refractivity contribution < 1.29 is 14.3 Å². The van der Waals surface area contributed by atoms with E-state index in [0.717, 1.165) is 11.4 Å². The first kappa shape index (κ1) is 16.2. The number of para-hydroxylation sites is 1. The van der Waals surface area contributed by atoms with Crippen LogP contribution in [0.5, 0.6) is 5.75 Å². The summed E-state index contributed by atoms with van der Waals surface area (Å²) in [6, 6.07) is 16.5. The number of hydrogen-bond acceptors (Lipinski definition) is 4. The molecule has 0 aliphatic rings. The third-order valence-electron chi connectivity index (χ3n) is 2.83. The van der Waals surface area contributed by atoms with Gasteiger partial charge in [0.25, 0.3) is 0 Å². The van der Waals surface area contributed by atoms with E-state index in [1.165, 1.54) is 5.01 Å². The van der Waals surface area contributed by atoms with Gasteiger partial charge in [-0.2, -0.15) is 5.01 Å². The first-order valence-corrected chi connectivity index (χ1v) is 7.85. The summed E-state index contributed by atoms with van der Waals surface area (Å²) in [7, 11) is 1.61. The topological polar surface area (TPSA) is 50.8 Å². The number of nitrogens with zero attached hydrogens (tertiary/aromatic N) is 1. The van der Waals surface area contributed by atoms with Gasteiger partial charge in [0.2, 0.25) is 0 Å². The largest absolute Gasteiger partial charge is 0.497 e. The molecule has 0 atom stereocenters. The van der Waals surface area contributed by atoms with Crippen LogP contribution in [0.2, 0.25) is 0 Å². The van der Waals surface area contributed by atoms with Crippen LogP contribution in [0.25, 0.3) is 0 Å². The number of alkyl halides is 1. The normalized spacial score (nSPS) is 9.91. The number of ether oxygens (including phenoxy) is 2. The standard InChI is InChI=1S/C16H17BrN2O3/c1-21-15-9-7-13(8-10-15)18-19(16(20)22-12-11-17)14-5-3-2-4-6-14/h2-10,18H,11-12H2,1H3. The van der Waals surface area contributed by atoms with E-state index in [2.05, 4.69) is 21.4 Å². The van der Waals surface area contributed by atoms with Gasteiger partial charge in [0.15, 0.2) is 0 Å². The number of nitrogens with one attached hydrogen (secondary N) is 1. The average Bonchev–Trinajstić information content (AvgIpc) is 2.59. The Bertz CT molecular complexity index is 590. The lowest BCUT2D eigenvalue weighted by Crippen LogP contribution is -2.37. The minimum absolute atomic E-state index is 0.298. The minimum atomic E-state index is -0.471. The summed E-state index contributed by atoms with van der Waals surface area (Å²) >= 11 is 3.24. The fraction of sp³-hybridized carbons (Fsp3) is 0.188. The van der Waals surface area contributed by atoms with Gasteiger partial charge >= 0.3 is 6.09 Å². The highest BCUT2D eigenvalue weighted by molar-refractivity contribution is 9.09. The van der Waals surface area contributed by atoms with Crippen LogP contribution in [-0.2, 0) is 4.74 Å². The second-order valence-corrected chi connectivity index (χ2v) is 5.11. The molecule has 5 nitrogen and oxygen atoms in total. The molecule has 1 amide bonds. The number of amides is 1. The molecule has 0 radical (unpaired) electrons. The van der Waals surface area contributed by atoms with Crippen molar-refractivity contribution in [1.29, 1.82) is 0 Å². The molecule has 0 fully saturated rings. The number of carbonyl (C=O) groups excluding carboxylic acids is 1. The lowest BCUT2D eigenvalue weighted by molar-refractivity contribution is 0.162. The van der Waals surface area contributed by atoms with E-state index >= 15 is 0 Å². The van der Waals surface area contributed by atoms with Crippen molar-refractivity contribution in [2.24, 2.45) is 0 Å². The summed E-state index contributed by atoms with van der Waals surface area (Å²) in [4.78, 5) is 12.2. The van der Waals surface area contributed by atoms with Gasteiger partial charge in [0.1, 0.15) is 12.4 Å². The van der Waals surface area contributed by atoms with E-state index in [9.17, 15) is 4.79 Å². The molecule has 0 unspecified atom stereocenters. The van der Waals surface area contributed by atoms with Gasteiger partial charge in [-0.3, -0.25) is 5.43 Å². The smallest absolute Gasteiger partial charge is 0.433 e. The number of hydrazine groups is 1. The number of anilines is 2. The van der Waals surface area contributed by atoms with Crippen LogP contribution in [0, 0.1) is 0 Å². The Hall–Kier alpha value is -2.21. The van der Waals surface area contributed by atoms with E-state index < -0.39 is 6.09 Å². The molecule has 2 aromatic carbocycles. The maximum Gasteiger partial charge on any atom is 0.433 e. The molecule has 116 valence electrons. The Balaban J connectivity index is 2.18. The number of carbonyl (C=O) groups is 1. The third kappa shape index (κ3) is 4.39.